The lowest BCUT2D eigenvalue weighted by molar-refractivity contribution is -0.114. The Hall–Kier alpha value is -2.89. The monoisotopic (exact) mass is 330 g/mol. The minimum atomic E-state index is -0.427. The number of nitrogens with one attached hydrogen (secondary N) is 2. The highest BCUT2D eigenvalue weighted by Crippen LogP contribution is 2.17. The number of benzene rings is 2. The number of anilines is 1. The lowest BCUT2D eigenvalue weighted by atomic mass is 10.1. The summed E-state index contributed by atoms with van der Waals surface area (Å²) in [5.74, 6) is -0.688. The van der Waals surface area contributed by atoms with Crippen molar-refractivity contribution in [1.82, 2.24) is 5.32 Å². The van der Waals surface area contributed by atoms with Gasteiger partial charge < -0.3 is 15.4 Å². The molecule has 0 radical (unpaired) electrons. The number of hydrogen-bond donors (Lipinski definition) is 2. The van der Waals surface area contributed by atoms with E-state index in [-0.39, 0.29) is 17.6 Å². The van der Waals surface area contributed by atoms with Gasteiger partial charge in [0, 0.05) is 24.7 Å². The number of amides is 2. The van der Waals surface area contributed by atoms with Gasteiger partial charge in [-0.05, 0) is 42.3 Å². The van der Waals surface area contributed by atoms with Crippen molar-refractivity contribution in [1.29, 1.82) is 0 Å². The Morgan fingerprint density at radius 1 is 1.17 bits per heavy atom. The lowest BCUT2D eigenvalue weighted by Gasteiger charge is -2.08. The summed E-state index contributed by atoms with van der Waals surface area (Å²) < 4.78 is 18.5. The highest BCUT2D eigenvalue weighted by molar-refractivity contribution is 5.96. The summed E-state index contributed by atoms with van der Waals surface area (Å²) >= 11 is 0. The zero-order valence-electron chi connectivity index (χ0n) is 13.6. The van der Waals surface area contributed by atoms with E-state index >= 15 is 0 Å². The van der Waals surface area contributed by atoms with E-state index in [1.165, 1.54) is 20.1 Å². The third-order valence-corrected chi connectivity index (χ3v) is 3.36. The fourth-order valence-electron chi connectivity index (χ4n) is 2.23. The molecule has 0 unspecified atom stereocenters. The van der Waals surface area contributed by atoms with Gasteiger partial charge in [0.1, 0.15) is 0 Å². The molecular formula is C18H19FN2O3. The van der Waals surface area contributed by atoms with Crippen LogP contribution < -0.4 is 15.4 Å². The van der Waals surface area contributed by atoms with Crippen LogP contribution in [0.15, 0.2) is 42.5 Å². The molecule has 2 N–H and O–H groups in total. The van der Waals surface area contributed by atoms with Gasteiger partial charge >= 0.3 is 0 Å². The predicted octanol–water partition coefficient (Wildman–Crippen LogP) is 2.77. The first-order valence-corrected chi connectivity index (χ1v) is 7.48. The summed E-state index contributed by atoms with van der Waals surface area (Å²) in [5, 5.41) is 5.40. The molecule has 126 valence electrons. The molecule has 0 aliphatic heterocycles. The van der Waals surface area contributed by atoms with Crippen LogP contribution in [0, 0.1) is 5.82 Å². The van der Waals surface area contributed by atoms with Crippen LogP contribution in [0.25, 0.3) is 0 Å². The van der Waals surface area contributed by atoms with Crippen molar-refractivity contribution in [3.05, 3.63) is 59.4 Å². The van der Waals surface area contributed by atoms with Crippen molar-refractivity contribution in [2.75, 3.05) is 19.0 Å². The van der Waals surface area contributed by atoms with E-state index in [9.17, 15) is 14.0 Å². The van der Waals surface area contributed by atoms with Crippen molar-refractivity contribution < 1.29 is 18.7 Å². The molecule has 0 fully saturated rings. The van der Waals surface area contributed by atoms with Crippen LogP contribution in [0.5, 0.6) is 5.75 Å². The summed E-state index contributed by atoms with van der Waals surface area (Å²) in [5.41, 5.74) is 1.77. The minimum Gasteiger partial charge on any atom is -0.494 e. The Morgan fingerprint density at radius 3 is 2.62 bits per heavy atom. The Bertz CT molecular complexity index is 747. The van der Waals surface area contributed by atoms with E-state index in [0.29, 0.717) is 24.2 Å². The van der Waals surface area contributed by atoms with Crippen molar-refractivity contribution in [3.8, 4) is 5.75 Å². The Labute approximate surface area is 139 Å². The van der Waals surface area contributed by atoms with Gasteiger partial charge in [0.25, 0.3) is 5.91 Å². The molecule has 6 heteroatoms. The molecule has 0 saturated carbocycles. The van der Waals surface area contributed by atoms with Crippen molar-refractivity contribution in [2.45, 2.75) is 13.3 Å². The first kappa shape index (κ1) is 17.5. The van der Waals surface area contributed by atoms with Crippen LogP contribution in [-0.4, -0.2) is 25.5 Å². The van der Waals surface area contributed by atoms with E-state index in [0.717, 1.165) is 5.56 Å². The second-order valence-corrected chi connectivity index (χ2v) is 5.24. The number of methoxy groups -OCH3 is 1. The quantitative estimate of drug-likeness (QED) is 0.856. The summed E-state index contributed by atoms with van der Waals surface area (Å²) in [6.07, 6.45) is 0.498. The van der Waals surface area contributed by atoms with Crippen molar-refractivity contribution in [3.63, 3.8) is 0 Å². The number of rotatable bonds is 6. The van der Waals surface area contributed by atoms with Gasteiger partial charge in [-0.3, -0.25) is 9.59 Å². The molecule has 2 aromatic rings. The third-order valence-electron chi connectivity index (χ3n) is 3.36. The molecule has 0 aliphatic carbocycles. The van der Waals surface area contributed by atoms with E-state index in [1.54, 1.807) is 36.4 Å². The average molecular weight is 330 g/mol. The highest BCUT2D eigenvalue weighted by Gasteiger charge is 2.07. The van der Waals surface area contributed by atoms with Crippen LogP contribution in [0.1, 0.15) is 22.8 Å². The number of halogens is 1. The zero-order valence-corrected chi connectivity index (χ0v) is 13.6. The molecule has 0 aromatic heterocycles. The van der Waals surface area contributed by atoms with Crippen LogP contribution in [0.2, 0.25) is 0 Å². The highest BCUT2D eigenvalue weighted by atomic mass is 19.1. The normalized spacial score (nSPS) is 10.1. The summed E-state index contributed by atoms with van der Waals surface area (Å²) in [6, 6.07) is 11.4. The summed E-state index contributed by atoms with van der Waals surface area (Å²) in [4.78, 5) is 23.2. The van der Waals surface area contributed by atoms with Gasteiger partial charge in [0.05, 0.1) is 7.11 Å². The molecule has 0 spiro atoms. The molecule has 0 saturated heterocycles. The molecule has 2 rings (SSSR count). The number of carbonyl (C=O) groups is 2. The van der Waals surface area contributed by atoms with Gasteiger partial charge in [0.15, 0.2) is 11.6 Å². The fourth-order valence-corrected chi connectivity index (χ4v) is 2.23. The van der Waals surface area contributed by atoms with Gasteiger partial charge in [-0.25, -0.2) is 4.39 Å². The average Bonchev–Trinajstić information content (AvgIpc) is 2.54. The maximum Gasteiger partial charge on any atom is 0.251 e. The first-order valence-electron chi connectivity index (χ1n) is 7.48. The topological polar surface area (TPSA) is 67.4 Å². The van der Waals surface area contributed by atoms with Crippen molar-refractivity contribution in [2.24, 2.45) is 0 Å². The second kappa shape index (κ2) is 8.10. The van der Waals surface area contributed by atoms with E-state index in [1.807, 2.05) is 0 Å². The molecule has 24 heavy (non-hydrogen) atoms. The van der Waals surface area contributed by atoms with Gasteiger partial charge in [0.2, 0.25) is 5.91 Å². The minimum absolute atomic E-state index is 0.192. The number of hydrogen-bond acceptors (Lipinski definition) is 3. The summed E-state index contributed by atoms with van der Waals surface area (Å²) in [6.45, 7) is 1.77. The first-order chi connectivity index (χ1) is 11.5. The van der Waals surface area contributed by atoms with Crippen LogP contribution in [0.4, 0.5) is 10.1 Å². The molecule has 5 nitrogen and oxygen atoms in total. The van der Waals surface area contributed by atoms with Crippen LogP contribution in [-0.2, 0) is 11.2 Å². The van der Waals surface area contributed by atoms with Crippen LogP contribution >= 0.6 is 0 Å². The molecule has 0 bridgehead atoms. The van der Waals surface area contributed by atoms with Gasteiger partial charge in [-0.2, -0.15) is 0 Å². The Morgan fingerprint density at radius 2 is 1.96 bits per heavy atom. The molecule has 0 heterocycles. The van der Waals surface area contributed by atoms with E-state index in [2.05, 4.69) is 10.6 Å². The predicted molar refractivity (Wildman–Crippen MR) is 89.7 cm³/mol. The second-order valence-electron chi connectivity index (χ2n) is 5.24. The number of ether oxygens (including phenoxy) is 1. The summed E-state index contributed by atoms with van der Waals surface area (Å²) in [7, 11) is 1.41. The molecule has 0 aliphatic rings. The van der Waals surface area contributed by atoms with Crippen molar-refractivity contribution >= 4 is 17.5 Å². The largest absolute Gasteiger partial charge is 0.494 e. The van der Waals surface area contributed by atoms with E-state index in [4.69, 9.17) is 4.74 Å². The van der Waals surface area contributed by atoms with Crippen LogP contribution in [0.3, 0.4) is 0 Å². The molecule has 2 amide bonds. The smallest absolute Gasteiger partial charge is 0.251 e. The SMILES string of the molecule is COc1ccc(CCNC(=O)c2cccc(NC(C)=O)c2)cc1F. The maximum atomic E-state index is 13.6. The fraction of sp³-hybridized carbons (Fsp3) is 0.222. The Kier molecular flexibility index (Phi) is 5.89. The molecule has 2 aromatic carbocycles. The maximum absolute atomic E-state index is 13.6. The lowest BCUT2D eigenvalue weighted by Crippen LogP contribution is -2.25. The standard InChI is InChI=1S/C18H19FN2O3/c1-12(22)21-15-5-3-4-14(11-15)18(23)20-9-8-13-6-7-17(24-2)16(19)10-13/h3-7,10-11H,8-9H2,1-2H3,(H,20,23)(H,21,22). The zero-order chi connectivity index (χ0) is 17.5. The molecular weight excluding hydrogens is 311 g/mol. The molecule has 0 atom stereocenters. The van der Waals surface area contributed by atoms with Gasteiger partial charge in [-0.1, -0.05) is 12.1 Å². The van der Waals surface area contributed by atoms with E-state index < -0.39 is 5.82 Å². The number of carbonyl (C=O) groups excluding carboxylic acids is 2. The Balaban J connectivity index is 1.91. The van der Waals surface area contributed by atoms with Gasteiger partial charge in [-0.15, -0.1) is 0 Å². The third kappa shape index (κ3) is 4.81.